The summed E-state index contributed by atoms with van der Waals surface area (Å²) in [4.78, 5) is -1.74. The van der Waals surface area contributed by atoms with E-state index in [0.29, 0.717) is 6.07 Å². The summed E-state index contributed by atoms with van der Waals surface area (Å²) in [5, 5.41) is 13.8. The zero-order chi connectivity index (χ0) is 41.7. The largest absolute Gasteiger partial charge is 1.00 e. The minimum atomic E-state index is -5.46. The molecule has 2 aromatic carbocycles. The Balaban J connectivity index is 0. The van der Waals surface area contributed by atoms with Gasteiger partial charge >= 0.3 is 148 Å². The van der Waals surface area contributed by atoms with Crippen LogP contribution in [0.25, 0.3) is 0 Å². The Bertz CT molecular complexity index is 2580. The van der Waals surface area contributed by atoms with Gasteiger partial charge in [-0.25, -0.2) is 42.1 Å². The van der Waals surface area contributed by atoms with E-state index >= 15 is 0 Å². The van der Waals surface area contributed by atoms with Gasteiger partial charge in [0, 0.05) is 63.9 Å². The number of anilines is 1. The third kappa shape index (κ3) is 15.6. The van der Waals surface area contributed by atoms with Crippen LogP contribution in [-0.2, 0) is 70.8 Å². The van der Waals surface area contributed by atoms with Gasteiger partial charge < -0.3 is 32.9 Å². The van der Waals surface area contributed by atoms with Gasteiger partial charge in [0.1, 0.15) is 36.9 Å². The quantitative estimate of drug-likeness (QED) is 0.0376. The third-order valence-corrected chi connectivity index (χ3v) is 13.5. The first-order valence-electron chi connectivity index (χ1n) is 15.5. The fourth-order valence-electron chi connectivity index (χ4n) is 6.77. The average molecular weight is 1000 g/mol. The second kappa shape index (κ2) is 23.9. The van der Waals surface area contributed by atoms with E-state index in [1.54, 1.807) is 0 Å². The number of allylic oxidation sites excluding steroid dienone is 4. The van der Waals surface area contributed by atoms with Crippen molar-refractivity contribution in [2.45, 2.75) is 70.9 Å². The molecular formula is C29H31N2Na5O18S6. The normalized spacial score (nSPS) is 16.6. The predicted molar refractivity (Wildman–Crippen MR) is 184 cm³/mol. The third-order valence-electron chi connectivity index (χ3n) is 8.85. The van der Waals surface area contributed by atoms with Crippen LogP contribution in [-0.4, -0.2) is 99.7 Å². The van der Waals surface area contributed by atoms with E-state index in [1.807, 2.05) is 0 Å². The summed E-state index contributed by atoms with van der Waals surface area (Å²) in [6, 6.07) is 3.47. The molecule has 0 spiro atoms. The molecule has 4 rings (SSSR count). The molecule has 0 radical (unpaired) electrons. The van der Waals surface area contributed by atoms with Crippen LogP contribution in [0.1, 0.15) is 51.7 Å². The molecule has 0 N–H and O–H groups in total. The number of nitrogens with zero attached hydrogens (tertiary/aromatic N) is 2. The summed E-state index contributed by atoms with van der Waals surface area (Å²) < 4.78 is 186. The first kappa shape index (κ1) is 64.3. The van der Waals surface area contributed by atoms with E-state index in [1.165, 1.54) is 61.5 Å². The summed E-state index contributed by atoms with van der Waals surface area (Å²) in [6.45, 7) is 5.29. The van der Waals surface area contributed by atoms with E-state index in [-0.39, 0.29) is 225 Å². The molecule has 20 nitrogen and oxygen atoms in total. The van der Waals surface area contributed by atoms with Crippen molar-refractivity contribution in [3.05, 3.63) is 59.3 Å². The van der Waals surface area contributed by atoms with Crippen LogP contribution in [0.3, 0.4) is 0 Å². The Labute approximate surface area is 464 Å². The van der Waals surface area contributed by atoms with Gasteiger partial charge in [0.25, 0.3) is 0 Å². The minimum Gasteiger partial charge on any atom is -0.748 e. The zero-order valence-electron chi connectivity index (χ0n) is 34.0. The number of fused-ring (bicyclic) bond motifs is 2. The van der Waals surface area contributed by atoms with Crippen LogP contribution in [0.5, 0.6) is 0 Å². The maximum atomic E-state index is 12.5. The van der Waals surface area contributed by atoms with Crippen LogP contribution in [0.15, 0.2) is 67.8 Å². The van der Waals surface area contributed by atoms with Crippen LogP contribution in [0, 0.1) is 0 Å². The second-order valence-corrected chi connectivity index (χ2v) is 21.2. The van der Waals surface area contributed by atoms with Gasteiger partial charge in [-0.3, -0.25) is 5.04 Å². The monoisotopic (exact) mass is 1000 g/mol. The first-order valence-corrected chi connectivity index (χ1v) is 23.6. The number of rotatable bonds is 16. The Kier molecular flexibility index (Phi) is 25.6. The summed E-state index contributed by atoms with van der Waals surface area (Å²) >= 11 is 0.258. The van der Waals surface area contributed by atoms with Crippen LogP contribution < -0.4 is 158 Å². The molecule has 0 saturated heterocycles. The summed E-state index contributed by atoms with van der Waals surface area (Å²) in [7, 11) is -25.6. The topological polar surface area (TPSA) is 334 Å². The van der Waals surface area contributed by atoms with Crippen molar-refractivity contribution in [1.29, 1.82) is 0 Å². The van der Waals surface area contributed by atoms with Crippen molar-refractivity contribution in [3.8, 4) is 0 Å². The minimum absolute atomic E-state index is 0. The van der Waals surface area contributed by atoms with Gasteiger partial charge in [0.05, 0.1) is 57.9 Å². The number of hydrogen-bond donors (Lipinski definition) is 0. The Morgan fingerprint density at radius 2 is 1.22 bits per heavy atom. The Hall–Kier alpha value is 2.17. The van der Waals surface area contributed by atoms with E-state index in [0.717, 1.165) is 12.1 Å². The van der Waals surface area contributed by atoms with Gasteiger partial charge in [0.2, 0.25) is 5.69 Å². The molecule has 0 fully saturated rings. The van der Waals surface area contributed by atoms with Gasteiger partial charge in [-0.1, -0.05) is 19.9 Å². The fraction of sp³-hybridized carbons (Fsp3) is 0.414. The Morgan fingerprint density at radius 3 is 1.70 bits per heavy atom. The van der Waals surface area contributed by atoms with Crippen molar-refractivity contribution >= 4 is 79.7 Å². The number of hydrogen-bond acceptors (Lipinski definition) is 20. The van der Waals surface area contributed by atoms with Crippen molar-refractivity contribution in [2.75, 3.05) is 29.5 Å². The molecule has 2 aliphatic heterocycles. The van der Waals surface area contributed by atoms with Crippen LogP contribution >= 0.6 is 12.0 Å². The van der Waals surface area contributed by atoms with Crippen LogP contribution in [0.2, 0.25) is 0 Å². The molecular weight excluding hydrogens is 972 g/mol. The smallest absolute Gasteiger partial charge is 0.748 e. The molecule has 0 unspecified atom stereocenters. The SMILES string of the molecule is CC1(C)C(C=C/C=C2/N(CCCS(=O)(=O)[O-])c3cc(S(=O)(=O)[O-])cc(S(=O)(=O)[O-])c3C2(C)C)=[N+](CCCS(=O)(=O)[O-])c2cc(SOO[O-])cc(S(=O)(=O)[O-])c21.[Na+].[Na+].[Na+].[Na+].[Na+]. The fourth-order valence-corrected chi connectivity index (χ4v) is 10.6. The second-order valence-electron chi connectivity index (χ2n) is 13.3. The predicted octanol–water partition coefficient (Wildman–Crippen LogP) is -14.9. The summed E-state index contributed by atoms with van der Waals surface area (Å²) in [5.41, 5.74) is -3.12. The van der Waals surface area contributed by atoms with Crippen molar-refractivity contribution in [3.63, 3.8) is 0 Å². The van der Waals surface area contributed by atoms with E-state index < -0.39 is 87.6 Å². The molecule has 60 heavy (non-hydrogen) atoms. The van der Waals surface area contributed by atoms with Crippen molar-refractivity contribution < 1.29 is 232 Å². The maximum Gasteiger partial charge on any atom is 1.00 e. The number of benzene rings is 2. The average Bonchev–Trinajstić information content (AvgIpc) is 3.35. The van der Waals surface area contributed by atoms with Gasteiger partial charge in [-0.2, -0.15) is 8.91 Å². The molecule has 306 valence electrons. The molecule has 0 aromatic heterocycles. The van der Waals surface area contributed by atoms with Crippen LogP contribution in [0.4, 0.5) is 11.4 Å². The first-order chi connectivity index (χ1) is 24.9. The van der Waals surface area contributed by atoms with E-state index in [9.17, 15) is 70.1 Å². The van der Waals surface area contributed by atoms with Crippen molar-refractivity contribution in [1.82, 2.24) is 0 Å². The molecule has 31 heteroatoms. The Morgan fingerprint density at radius 1 is 0.700 bits per heavy atom. The molecule has 0 bridgehead atoms. The molecule has 0 saturated carbocycles. The summed E-state index contributed by atoms with van der Waals surface area (Å²) in [5.74, 6) is -1.76. The standard InChI is InChI=1S/C29H36N2O18S6.5Na/c1-28(2)24(30(10-6-12-51(33,34)35)20-14-18(50-49-48-32)15-22(26(20)28)54(42,43)44)8-5-9-25-29(3,4)27-21(31(25)11-7-13-52(36,37)38)16-19(53(39,40)41)17-23(27)55(45,46)47;;;;;/h5,8-9,14-17H,6-7,10-13H2,1-4H3,(H5-,32,33,34,35,36,37,38,39,40,41,42,43,44,45,46,47);;;;;/q;5*+1/p-5. The summed E-state index contributed by atoms with van der Waals surface area (Å²) in [6.07, 6.45) is 3.39. The van der Waals surface area contributed by atoms with Gasteiger partial charge in [0.15, 0.2) is 5.71 Å². The molecule has 0 amide bonds. The molecule has 0 aliphatic carbocycles. The molecule has 2 aromatic rings. The van der Waals surface area contributed by atoms with E-state index in [4.69, 9.17) is 0 Å². The van der Waals surface area contributed by atoms with Gasteiger partial charge in [-0.15, -0.1) is 0 Å². The molecule has 0 atom stereocenters. The van der Waals surface area contributed by atoms with E-state index in [2.05, 4.69) is 9.37 Å². The van der Waals surface area contributed by atoms with Crippen molar-refractivity contribution in [2.24, 2.45) is 0 Å². The van der Waals surface area contributed by atoms with Gasteiger partial charge in [-0.05, 0) is 44.5 Å². The molecule has 2 aliphatic rings. The maximum absolute atomic E-state index is 12.5. The zero-order valence-corrected chi connectivity index (χ0v) is 48.9. The molecule has 2 heterocycles.